The van der Waals surface area contributed by atoms with Gasteiger partial charge in [0.05, 0.1) is 21.8 Å². The quantitative estimate of drug-likeness (QED) is 0.690. The molecule has 0 atom stereocenters. The summed E-state index contributed by atoms with van der Waals surface area (Å²) in [6.45, 7) is 2.28. The Balaban J connectivity index is 1.54. The monoisotopic (exact) mass is 368 g/mol. The van der Waals surface area contributed by atoms with Gasteiger partial charge in [-0.25, -0.2) is 4.39 Å². The van der Waals surface area contributed by atoms with E-state index in [0.717, 1.165) is 16.6 Å². The zero-order valence-electron chi connectivity index (χ0n) is 14.0. The predicted octanol–water partition coefficient (Wildman–Crippen LogP) is 3.79. The lowest BCUT2D eigenvalue weighted by atomic mass is 10.1. The molecule has 6 heteroatoms. The SMILES string of the molecule is O=C(c1ccccc1F)N1CCN(c2[c]cc(Cl)c3cccnc23)CC1. The van der Waals surface area contributed by atoms with Gasteiger partial charge < -0.3 is 9.80 Å². The molecule has 131 valence electrons. The molecule has 0 spiro atoms. The summed E-state index contributed by atoms with van der Waals surface area (Å²) in [5.74, 6) is -0.757. The maximum atomic E-state index is 13.9. The zero-order valence-corrected chi connectivity index (χ0v) is 14.7. The van der Waals surface area contributed by atoms with Crippen molar-refractivity contribution in [2.45, 2.75) is 0 Å². The van der Waals surface area contributed by atoms with Gasteiger partial charge in [-0.05, 0) is 30.3 Å². The number of amides is 1. The number of benzene rings is 2. The lowest BCUT2D eigenvalue weighted by Crippen LogP contribution is -2.49. The van der Waals surface area contributed by atoms with E-state index in [1.165, 1.54) is 12.1 Å². The Morgan fingerprint density at radius 3 is 2.65 bits per heavy atom. The number of pyridine rings is 1. The predicted molar refractivity (Wildman–Crippen MR) is 100 cm³/mol. The number of aromatic nitrogens is 1. The average Bonchev–Trinajstić information content (AvgIpc) is 2.69. The molecule has 2 aromatic carbocycles. The first-order valence-corrected chi connectivity index (χ1v) is 8.76. The van der Waals surface area contributed by atoms with Crippen LogP contribution < -0.4 is 4.90 Å². The van der Waals surface area contributed by atoms with Crippen molar-refractivity contribution in [3.8, 4) is 0 Å². The van der Waals surface area contributed by atoms with Gasteiger partial charge in [0.15, 0.2) is 0 Å². The van der Waals surface area contributed by atoms with E-state index in [-0.39, 0.29) is 11.5 Å². The highest BCUT2D eigenvalue weighted by Gasteiger charge is 2.25. The highest BCUT2D eigenvalue weighted by atomic mass is 35.5. The van der Waals surface area contributed by atoms with Gasteiger partial charge in [-0.3, -0.25) is 9.78 Å². The molecule has 2 heterocycles. The molecule has 1 aliphatic heterocycles. The molecule has 1 fully saturated rings. The number of hydrogen-bond donors (Lipinski definition) is 0. The Hall–Kier alpha value is -2.66. The van der Waals surface area contributed by atoms with E-state index in [2.05, 4.69) is 16.0 Å². The van der Waals surface area contributed by atoms with Gasteiger partial charge >= 0.3 is 0 Å². The first kappa shape index (κ1) is 16.8. The number of anilines is 1. The number of carbonyl (C=O) groups is 1. The lowest BCUT2D eigenvalue weighted by molar-refractivity contribution is 0.0742. The number of carbonyl (C=O) groups excluding carboxylic acids is 1. The van der Waals surface area contributed by atoms with Crippen LogP contribution in [0, 0.1) is 11.9 Å². The molecule has 1 saturated heterocycles. The van der Waals surface area contributed by atoms with Crippen molar-refractivity contribution < 1.29 is 9.18 Å². The normalized spacial score (nSPS) is 14.7. The molecule has 0 bridgehead atoms. The summed E-state index contributed by atoms with van der Waals surface area (Å²) in [5.41, 5.74) is 1.79. The summed E-state index contributed by atoms with van der Waals surface area (Å²) < 4.78 is 13.9. The van der Waals surface area contributed by atoms with Gasteiger partial charge in [0.2, 0.25) is 0 Å². The van der Waals surface area contributed by atoms with E-state index in [0.29, 0.717) is 31.2 Å². The van der Waals surface area contributed by atoms with Crippen LogP contribution in [-0.2, 0) is 0 Å². The summed E-state index contributed by atoms with van der Waals surface area (Å²) in [7, 11) is 0. The van der Waals surface area contributed by atoms with Gasteiger partial charge in [-0.2, -0.15) is 0 Å². The molecular formula is C20H16ClFN3O. The molecule has 4 rings (SSSR count). The van der Waals surface area contributed by atoms with Crippen LogP contribution in [0.5, 0.6) is 0 Å². The van der Waals surface area contributed by atoms with Crippen LogP contribution in [0.2, 0.25) is 5.02 Å². The highest BCUT2D eigenvalue weighted by Crippen LogP contribution is 2.30. The van der Waals surface area contributed by atoms with Crippen molar-refractivity contribution in [3.63, 3.8) is 0 Å². The minimum absolute atomic E-state index is 0.117. The summed E-state index contributed by atoms with van der Waals surface area (Å²) >= 11 is 6.24. The molecule has 0 N–H and O–H groups in total. The van der Waals surface area contributed by atoms with Crippen molar-refractivity contribution in [1.82, 2.24) is 9.88 Å². The summed E-state index contributed by atoms with van der Waals surface area (Å²) in [6.07, 6.45) is 1.73. The molecule has 0 unspecified atom stereocenters. The van der Waals surface area contributed by atoms with Crippen LogP contribution in [0.3, 0.4) is 0 Å². The standard InChI is InChI=1S/C20H16ClFN3O/c21-16-7-8-18(19-14(16)5-3-9-23-19)24-10-12-25(13-11-24)20(26)15-4-1-2-6-17(15)22/h1-7,9H,10-13H2. The minimum Gasteiger partial charge on any atom is -0.366 e. The molecule has 1 aromatic heterocycles. The third kappa shape index (κ3) is 2.99. The zero-order chi connectivity index (χ0) is 18.1. The van der Waals surface area contributed by atoms with Gasteiger partial charge in [-0.1, -0.05) is 23.7 Å². The van der Waals surface area contributed by atoms with Crippen LogP contribution in [0.4, 0.5) is 10.1 Å². The van der Waals surface area contributed by atoms with Crippen LogP contribution in [0.25, 0.3) is 10.9 Å². The fourth-order valence-corrected chi connectivity index (χ4v) is 3.45. The van der Waals surface area contributed by atoms with E-state index in [1.54, 1.807) is 29.3 Å². The smallest absolute Gasteiger partial charge is 0.256 e. The molecule has 0 aliphatic carbocycles. The number of rotatable bonds is 2. The Morgan fingerprint density at radius 2 is 1.88 bits per heavy atom. The van der Waals surface area contributed by atoms with Gasteiger partial charge in [0.1, 0.15) is 5.82 Å². The van der Waals surface area contributed by atoms with E-state index < -0.39 is 5.82 Å². The van der Waals surface area contributed by atoms with E-state index >= 15 is 0 Å². The molecule has 4 nitrogen and oxygen atoms in total. The largest absolute Gasteiger partial charge is 0.366 e. The molecule has 3 aromatic rings. The maximum Gasteiger partial charge on any atom is 0.256 e. The fraction of sp³-hybridized carbons (Fsp3) is 0.200. The molecular weight excluding hydrogens is 353 g/mol. The Labute approximate surface area is 155 Å². The third-order valence-electron chi connectivity index (χ3n) is 4.61. The Kier molecular flexibility index (Phi) is 4.47. The van der Waals surface area contributed by atoms with Gasteiger partial charge in [0.25, 0.3) is 5.91 Å². The third-order valence-corrected chi connectivity index (χ3v) is 4.93. The minimum atomic E-state index is -0.485. The topological polar surface area (TPSA) is 36.4 Å². The molecule has 0 saturated carbocycles. The van der Waals surface area contributed by atoms with Crippen LogP contribution in [0.15, 0.2) is 48.7 Å². The van der Waals surface area contributed by atoms with Gasteiger partial charge in [0, 0.05) is 43.8 Å². The molecule has 26 heavy (non-hydrogen) atoms. The number of fused-ring (bicyclic) bond motifs is 1. The van der Waals surface area contributed by atoms with Crippen molar-refractivity contribution in [2.75, 3.05) is 31.1 Å². The fourth-order valence-electron chi connectivity index (χ4n) is 3.24. The van der Waals surface area contributed by atoms with Crippen LogP contribution >= 0.6 is 11.6 Å². The van der Waals surface area contributed by atoms with Crippen molar-refractivity contribution in [1.29, 1.82) is 0 Å². The number of piperazine rings is 1. The molecule has 1 amide bonds. The van der Waals surface area contributed by atoms with Crippen molar-refractivity contribution >= 4 is 34.1 Å². The second kappa shape index (κ2) is 6.92. The van der Waals surface area contributed by atoms with Gasteiger partial charge in [-0.15, -0.1) is 0 Å². The summed E-state index contributed by atoms with van der Waals surface area (Å²) in [6, 6.07) is 14.8. The van der Waals surface area contributed by atoms with E-state index in [1.807, 2.05) is 12.1 Å². The maximum absolute atomic E-state index is 13.9. The Morgan fingerprint density at radius 1 is 1.12 bits per heavy atom. The Bertz CT molecular complexity index is 970. The lowest BCUT2D eigenvalue weighted by Gasteiger charge is -2.36. The summed E-state index contributed by atoms with van der Waals surface area (Å²) in [4.78, 5) is 20.8. The molecule has 1 aliphatic rings. The second-order valence-electron chi connectivity index (χ2n) is 6.14. The van der Waals surface area contributed by atoms with Crippen LogP contribution in [-0.4, -0.2) is 42.0 Å². The average molecular weight is 369 g/mol. The highest BCUT2D eigenvalue weighted by molar-refractivity contribution is 6.35. The van der Waals surface area contributed by atoms with Crippen LogP contribution in [0.1, 0.15) is 10.4 Å². The van der Waals surface area contributed by atoms with Crippen molar-refractivity contribution in [3.05, 3.63) is 71.1 Å². The van der Waals surface area contributed by atoms with E-state index in [9.17, 15) is 9.18 Å². The number of halogens is 2. The van der Waals surface area contributed by atoms with E-state index in [4.69, 9.17) is 11.6 Å². The molecule has 1 radical (unpaired) electrons. The van der Waals surface area contributed by atoms with Crippen molar-refractivity contribution in [2.24, 2.45) is 0 Å². The second-order valence-corrected chi connectivity index (χ2v) is 6.55. The summed E-state index contributed by atoms with van der Waals surface area (Å²) in [5, 5.41) is 1.50. The number of nitrogens with zero attached hydrogens (tertiary/aromatic N) is 3. The number of hydrogen-bond acceptors (Lipinski definition) is 3. The first-order chi connectivity index (χ1) is 12.6. The first-order valence-electron chi connectivity index (χ1n) is 8.39.